The molecule has 0 aliphatic heterocycles. The highest BCUT2D eigenvalue weighted by Crippen LogP contribution is 2.28. The third-order valence-electron chi connectivity index (χ3n) is 4.35. The summed E-state index contributed by atoms with van der Waals surface area (Å²) in [6, 6.07) is 11.6. The van der Waals surface area contributed by atoms with Gasteiger partial charge in [0.2, 0.25) is 5.91 Å². The van der Waals surface area contributed by atoms with Crippen LogP contribution in [-0.4, -0.2) is 30.2 Å². The predicted molar refractivity (Wildman–Crippen MR) is 101 cm³/mol. The molecule has 1 amide bonds. The molecule has 0 radical (unpaired) electrons. The zero-order chi connectivity index (χ0) is 18.9. The number of anilines is 1. The number of carbonyl (C=O) groups is 1. The quantitative estimate of drug-likeness (QED) is 0.599. The number of phenolic OH excluding ortho intramolecular Hbond substituents is 1. The Hall–Kier alpha value is -2.80. The first-order chi connectivity index (χ1) is 12.3. The molecule has 0 spiro atoms. The number of para-hydroxylation sites is 1. The van der Waals surface area contributed by atoms with Crippen LogP contribution in [0, 0.1) is 6.92 Å². The summed E-state index contributed by atoms with van der Waals surface area (Å²) in [5.41, 5.74) is 2.80. The first kappa shape index (κ1) is 18.0. The lowest BCUT2D eigenvalue weighted by Gasteiger charge is -2.10. The summed E-state index contributed by atoms with van der Waals surface area (Å²) in [6.07, 6.45) is 0.111. The fourth-order valence-corrected chi connectivity index (χ4v) is 3.80. The van der Waals surface area contributed by atoms with Crippen LogP contribution in [0.3, 0.4) is 0 Å². The van der Waals surface area contributed by atoms with Gasteiger partial charge in [0.25, 0.3) is 0 Å². The van der Waals surface area contributed by atoms with E-state index in [1.165, 1.54) is 18.2 Å². The van der Waals surface area contributed by atoms with E-state index in [4.69, 9.17) is 0 Å². The molecule has 2 aromatic carbocycles. The van der Waals surface area contributed by atoms with Crippen LogP contribution in [0.2, 0.25) is 0 Å². The van der Waals surface area contributed by atoms with E-state index in [2.05, 4.69) is 10.3 Å². The number of fused-ring (bicyclic) bond motifs is 1. The molecule has 26 heavy (non-hydrogen) atoms. The number of phenols is 1. The Kier molecular flexibility index (Phi) is 4.73. The molecule has 1 aromatic heterocycles. The van der Waals surface area contributed by atoms with Gasteiger partial charge < -0.3 is 15.4 Å². The maximum absolute atomic E-state index is 12.5. The number of rotatable bonds is 5. The van der Waals surface area contributed by atoms with Crippen molar-refractivity contribution in [1.82, 2.24) is 4.98 Å². The molecular weight excluding hydrogens is 352 g/mol. The van der Waals surface area contributed by atoms with Crippen LogP contribution in [0.1, 0.15) is 18.2 Å². The van der Waals surface area contributed by atoms with E-state index < -0.39 is 9.84 Å². The minimum absolute atomic E-state index is 0.0559. The maximum Gasteiger partial charge on any atom is 0.228 e. The Bertz CT molecular complexity index is 1080. The van der Waals surface area contributed by atoms with E-state index in [-0.39, 0.29) is 34.4 Å². The van der Waals surface area contributed by atoms with Crippen molar-refractivity contribution in [2.75, 3.05) is 11.1 Å². The van der Waals surface area contributed by atoms with Gasteiger partial charge in [-0.15, -0.1) is 0 Å². The van der Waals surface area contributed by atoms with Crippen molar-refractivity contribution in [3.05, 3.63) is 53.7 Å². The molecule has 0 fully saturated rings. The highest BCUT2D eigenvalue weighted by molar-refractivity contribution is 7.91. The fourth-order valence-electron chi connectivity index (χ4n) is 2.89. The lowest BCUT2D eigenvalue weighted by Crippen LogP contribution is -2.15. The van der Waals surface area contributed by atoms with E-state index in [0.29, 0.717) is 0 Å². The fraction of sp³-hybridized carbons (Fsp3) is 0.211. The van der Waals surface area contributed by atoms with E-state index in [9.17, 15) is 18.3 Å². The van der Waals surface area contributed by atoms with Crippen LogP contribution in [0.5, 0.6) is 5.75 Å². The van der Waals surface area contributed by atoms with E-state index in [1.54, 1.807) is 6.92 Å². The highest BCUT2D eigenvalue weighted by atomic mass is 32.2. The normalized spacial score (nSPS) is 11.6. The maximum atomic E-state index is 12.5. The Morgan fingerprint density at radius 3 is 2.65 bits per heavy atom. The highest BCUT2D eigenvalue weighted by Gasteiger charge is 2.17. The summed E-state index contributed by atoms with van der Waals surface area (Å²) in [7, 11) is -3.43. The van der Waals surface area contributed by atoms with Crippen molar-refractivity contribution >= 4 is 32.3 Å². The van der Waals surface area contributed by atoms with Crippen LogP contribution in [-0.2, 0) is 21.1 Å². The molecule has 3 aromatic rings. The van der Waals surface area contributed by atoms with Crippen molar-refractivity contribution in [3.8, 4) is 5.75 Å². The molecule has 0 unspecified atom stereocenters. The van der Waals surface area contributed by atoms with Gasteiger partial charge in [-0.3, -0.25) is 4.79 Å². The Labute approximate surface area is 151 Å². The van der Waals surface area contributed by atoms with Crippen LogP contribution >= 0.6 is 0 Å². The average molecular weight is 372 g/mol. The molecule has 3 rings (SSSR count). The SMILES string of the molecule is CCS(=O)(=O)c1ccc(O)c(NC(=O)Cc2c(C)[nH]c3ccccc23)c1. The van der Waals surface area contributed by atoms with Gasteiger partial charge in [-0.2, -0.15) is 0 Å². The molecule has 6 nitrogen and oxygen atoms in total. The van der Waals surface area contributed by atoms with Gasteiger partial charge >= 0.3 is 0 Å². The van der Waals surface area contributed by atoms with Crippen LogP contribution in [0.25, 0.3) is 10.9 Å². The van der Waals surface area contributed by atoms with Gasteiger partial charge in [0, 0.05) is 16.6 Å². The van der Waals surface area contributed by atoms with E-state index in [1.807, 2.05) is 31.2 Å². The molecular formula is C19H20N2O4S. The number of aromatic amines is 1. The summed E-state index contributed by atoms with van der Waals surface area (Å²) in [5.74, 6) is -0.567. The van der Waals surface area contributed by atoms with E-state index in [0.717, 1.165) is 22.2 Å². The third-order valence-corrected chi connectivity index (χ3v) is 6.08. The summed E-state index contributed by atoms with van der Waals surface area (Å²) in [6.45, 7) is 3.44. The molecule has 1 heterocycles. The first-order valence-corrected chi connectivity index (χ1v) is 9.89. The van der Waals surface area contributed by atoms with Crippen LogP contribution < -0.4 is 5.32 Å². The standard InChI is InChI=1S/C19H20N2O4S/c1-3-26(24,25)13-8-9-18(22)17(10-13)21-19(23)11-15-12(2)20-16-7-5-4-6-14(15)16/h4-10,20,22H,3,11H2,1-2H3,(H,21,23). The topological polar surface area (TPSA) is 99.3 Å². The molecule has 0 aliphatic carbocycles. The molecule has 0 saturated carbocycles. The van der Waals surface area contributed by atoms with Crippen LogP contribution in [0.4, 0.5) is 5.69 Å². The van der Waals surface area contributed by atoms with Crippen molar-refractivity contribution in [2.24, 2.45) is 0 Å². The van der Waals surface area contributed by atoms with Crippen molar-refractivity contribution in [2.45, 2.75) is 25.2 Å². The minimum Gasteiger partial charge on any atom is -0.506 e. The van der Waals surface area contributed by atoms with Crippen LogP contribution in [0.15, 0.2) is 47.4 Å². The lowest BCUT2D eigenvalue weighted by molar-refractivity contribution is -0.115. The van der Waals surface area contributed by atoms with Gasteiger partial charge in [-0.1, -0.05) is 25.1 Å². The Morgan fingerprint density at radius 2 is 1.92 bits per heavy atom. The number of aryl methyl sites for hydroxylation is 1. The third kappa shape index (κ3) is 3.43. The number of hydrogen-bond acceptors (Lipinski definition) is 4. The first-order valence-electron chi connectivity index (χ1n) is 8.23. The van der Waals surface area contributed by atoms with E-state index >= 15 is 0 Å². The zero-order valence-electron chi connectivity index (χ0n) is 14.5. The molecule has 0 saturated heterocycles. The summed E-state index contributed by atoms with van der Waals surface area (Å²) >= 11 is 0. The number of hydrogen-bond donors (Lipinski definition) is 3. The molecule has 0 bridgehead atoms. The number of aromatic hydroxyl groups is 1. The summed E-state index contributed by atoms with van der Waals surface area (Å²) in [4.78, 5) is 15.8. The van der Waals surface area contributed by atoms with Gasteiger partial charge in [0.15, 0.2) is 9.84 Å². The number of aromatic nitrogens is 1. The number of sulfone groups is 1. The van der Waals surface area contributed by atoms with Gasteiger partial charge in [-0.25, -0.2) is 8.42 Å². The second-order valence-electron chi connectivity index (χ2n) is 6.08. The second kappa shape index (κ2) is 6.84. The molecule has 3 N–H and O–H groups in total. The largest absolute Gasteiger partial charge is 0.506 e. The number of carbonyl (C=O) groups excluding carboxylic acids is 1. The minimum atomic E-state index is -3.43. The van der Waals surface area contributed by atoms with Crippen molar-refractivity contribution in [3.63, 3.8) is 0 Å². The predicted octanol–water partition coefficient (Wildman–Crippen LogP) is 3.16. The molecule has 0 aliphatic rings. The molecule has 0 atom stereocenters. The second-order valence-corrected chi connectivity index (χ2v) is 8.36. The molecule has 136 valence electrons. The summed E-state index contributed by atoms with van der Waals surface area (Å²) < 4.78 is 24.0. The van der Waals surface area contributed by atoms with Crippen molar-refractivity contribution < 1.29 is 18.3 Å². The van der Waals surface area contributed by atoms with Gasteiger partial charge in [-0.05, 0) is 36.8 Å². The van der Waals surface area contributed by atoms with Crippen molar-refractivity contribution in [1.29, 1.82) is 0 Å². The van der Waals surface area contributed by atoms with Gasteiger partial charge in [0.05, 0.1) is 22.8 Å². The summed E-state index contributed by atoms with van der Waals surface area (Å²) in [5, 5.41) is 13.5. The Morgan fingerprint density at radius 1 is 1.19 bits per heavy atom. The lowest BCUT2D eigenvalue weighted by atomic mass is 10.1. The zero-order valence-corrected chi connectivity index (χ0v) is 15.4. The molecule has 7 heteroatoms. The average Bonchev–Trinajstić information content (AvgIpc) is 2.92. The Balaban J connectivity index is 1.86. The number of nitrogens with one attached hydrogen (secondary N) is 2. The number of benzene rings is 2. The number of amides is 1. The smallest absolute Gasteiger partial charge is 0.228 e. The monoisotopic (exact) mass is 372 g/mol. The number of H-pyrrole nitrogens is 1. The van der Waals surface area contributed by atoms with Gasteiger partial charge in [0.1, 0.15) is 5.75 Å².